The fraction of sp³-hybridized carbons (Fsp3) is 0.0714. The van der Waals surface area contributed by atoms with Crippen LogP contribution in [-0.2, 0) is 0 Å². The van der Waals surface area contributed by atoms with Crippen LogP contribution >= 0.6 is 23.8 Å². The number of carbonyl (C=O) groups is 1. The lowest BCUT2D eigenvalue weighted by Crippen LogP contribution is -2.34. The molecule has 0 saturated carbocycles. The molecule has 1 amide bonds. The van der Waals surface area contributed by atoms with Crippen molar-refractivity contribution in [3.63, 3.8) is 0 Å². The molecule has 1 aromatic carbocycles. The van der Waals surface area contributed by atoms with Crippen LogP contribution < -0.4 is 10.6 Å². The average Bonchev–Trinajstić information content (AvgIpc) is 2.42. The molecule has 0 aliphatic heterocycles. The number of nitrogens with one attached hydrogen (secondary N) is 2. The smallest absolute Gasteiger partial charge is 0.257 e. The van der Waals surface area contributed by atoms with Crippen LogP contribution in [0.25, 0.3) is 0 Å². The fourth-order valence-electron chi connectivity index (χ4n) is 1.49. The topological polar surface area (TPSA) is 54.0 Å². The minimum atomic E-state index is -0.260. The molecule has 1 heterocycles. The molecule has 102 valence electrons. The lowest BCUT2D eigenvalue weighted by molar-refractivity contribution is 0.0978. The van der Waals surface area contributed by atoms with Gasteiger partial charge in [0.1, 0.15) is 5.15 Å². The van der Waals surface area contributed by atoms with Gasteiger partial charge in [0.05, 0.1) is 11.9 Å². The quantitative estimate of drug-likeness (QED) is 0.661. The summed E-state index contributed by atoms with van der Waals surface area (Å²) in [6.07, 6.45) is 1.53. The van der Waals surface area contributed by atoms with Crippen molar-refractivity contribution in [3.05, 3.63) is 58.9 Å². The number of aryl methyl sites for hydroxylation is 1. The Morgan fingerprint density at radius 3 is 2.50 bits per heavy atom. The first kappa shape index (κ1) is 14.4. The largest absolute Gasteiger partial charge is 0.331 e. The van der Waals surface area contributed by atoms with Crippen LogP contribution in [0.15, 0.2) is 42.6 Å². The molecule has 0 fully saturated rings. The molecular weight excluding hydrogens is 294 g/mol. The summed E-state index contributed by atoms with van der Waals surface area (Å²) in [5.74, 6) is -0.260. The number of halogens is 1. The number of nitrogens with zero attached hydrogens (tertiary/aromatic N) is 1. The third kappa shape index (κ3) is 4.01. The van der Waals surface area contributed by atoms with Crippen molar-refractivity contribution >= 4 is 40.5 Å². The Labute approximate surface area is 127 Å². The standard InChI is InChI=1S/C14H12ClN3OS/c1-9-2-4-10(5-3-9)13(19)18-14(20)17-11-6-7-12(15)16-8-11/h2-8H,1H3,(H2,17,18,19,20). The predicted molar refractivity (Wildman–Crippen MR) is 84.1 cm³/mol. The van der Waals surface area contributed by atoms with Gasteiger partial charge >= 0.3 is 0 Å². The zero-order chi connectivity index (χ0) is 14.5. The highest BCUT2D eigenvalue weighted by Gasteiger charge is 2.07. The number of amides is 1. The van der Waals surface area contributed by atoms with Gasteiger partial charge in [0.2, 0.25) is 0 Å². The molecule has 0 unspecified atom stereocenters. The van der Waals surface area contributed by atoms with E-state index in [-0.39, 0.29) is 11.0 Å². The van der Waals surface area contributed by atoms with Crippen LogP contribution in [0.3, 0.4) is 0 Å². The van der Waals surface area contributed by atoms with Crippen molar-refractivity contribution in [2.24, 2.45) is 0 Å². The number of carbonyl (C=O) groups excluding carboxylic acids is 1. The normalized spacial score (nSPS) is 9.90. The van der Waals surface area contributed by atoms with Crippen molar-refractivity contribution < 1.29 is 4.79 Å². The molecule has 1 aromatic heterocycles. The number of hydrogen-bond acceptors (Lipinski definition) is 3. The Bertz CT molecular complexity index is 626. The van der Waals surface area contributed by atoms with E-state index >= 15 is 0 Å². The zero-order valence-corrected chi connectivity index (χ0v) is 12.3. The van der Waals surface area contributed by atoms with E-state index in [2.05, 4.69) is 15.6 Å². The lowest BCUT2D eigenvalue weighted by Gasteiger charge is -2.09. The van der Waals surface area contributed by atoms with E-state index in [1.54, 1.807) is 24.3 Å². The first-order valence-corrected chi connectivity index (χ1v) is 6.64. The Morgan fingerprint density at radius 1 is 1.20 bits per heavy atom. The highest BCUT2D eigenvalue weighted by molar-refractivity contribution is 7.80. The molecule has 0 atom stereocenters. The highest BCUT2D eigenvalue weighted by atomic mass is 35.5. The maximum absolute atomic E-state index is 11.9. The number of pyridine rings is 1. The van der Waals surface area contributed by atoms with Crippen molar-refractivity contribution in [2.75, 3.05) is 5.32 Å². The van der Waals surface area contributed by atoms with Gasteiger partial charge in [-0.1, -0.05) is 29.3 Å². The van der Waals surface area contributed by atoms with Crippen LogP contribution in [0, 0.1) is 6.92 Å². The van der Waals surface area contributed by atoms with Gasteiger partial charge in [-0.2, -0.15) is 0 Å². The molecule has 0 spiro atoms. The van der Waals surface area contributed by atoms with E-state index in [1.165, 1.54) is 6.20 Å². The van der Waals surface area contributed by atoms with Crippen molar-refractivity contribution in [2.45, 2.75) is 6.92 Å². The van der Waals surface area contributed by atoms with Gasteiger partial charge in [-0.3, -0.25) is 10.1 Å². The summed E-state index contributed by atoms with van der Waals surface area (Å²) >= 11 is 10.8. The second kappa shape index (κ2) is 6.45. The second-order valence-corrected chi connectivity index (χ2v) is 4.94. The first-order valence-electron chi connectivity index (χ1n) is 5.85. The van der Waals surface area contributed by atoms with Crippen LogP contribution in [0.4, 0.5) is 5.69 Å². The van der Waals surface area contributed by atoms with Gasteiger partial charge in [0, 0.05) is 5.56 Å². The molecule has 0 aliphatic rings. The molecule has 2 N–H and O–H groups in total. The number of benzene rings is 1. The van der Waals surface area contributed by atoms with Gasteiger partial charge in [-0.25, -0.2) is 4.98 Å². The Kier molecular flexibility index (Phi) is 4.65. The maximum Gasteiger partial charge on any atom is 0.257 e. The Balaban J connectivity index is 1.95. The average molecular weight is 306 g/mol. The van der Waals surface area contributed by atoms with Gasteiger partial charge < -0.3 is 5.32 Å². The highest BCUT2D eigenvalue weighted by Crippen LogP contribution is 2.09. The SMILES string of the molecule is Cc1ccc(C(=O)NC(=S)Nc2ccc(Cl)nc2)cc1. The molecular formula is C14H12ClN3OS. The van der Waals surface area contributed by atoms with E-state index < -0.39 is 0 Å². The predicted octanol–water partition coefficient (Wildman–Crippen LogP) is 3.17. The maximum atomic E-state index is 11.9. The Hall–Kier alpha value is -1.98. The molecule has 0 bridgehead atoms. The van der Waals surface area contributed by atoms with E-state index in [1.807, 2.05) is 19.1 Å². The van der Waals surface area contributed by atoms with Crippen molar-refractivity contribution in [3.8, 4) is 0 Å². The summed E-state index contributed by atoms with van der Waals surface area (Å²) in [6.45, 7) is 1.96. The van der Waals surface area contributed by atoms with Crippen molar-refractivity contribution in [1.82, 2.24) is 10.3 Å². The molecule has 6 heteroatoms. The minimum Gasteiger partial charge on any atom is -0.331 e. The summed E-state index contributed by atoms with van der Waals surface area (Å²) in [5, 5.41) is 6.06. The zero-order valence-electron chi connectivity index (χ0n) is 10.7. The van der Waals surface area contributed by atoms with Crippen LogP contribution in [0.1, 0.15) is 15.9 Å². The summed E-state index contributed by atoms with van der Waals surface area (Å²) in [6, 6.07) is 10.6. The van der Waals surface area contributed by atoms with Crippen molar-refractivity contribution in [1.29, 1.82) is 0 Å². The monoisotopic (exact) mass is 305 g/mol. The van der Waals surface area contributed by atoms with E-state index in [9.17, 15) is 4.79 Å². The van der Waals surface area contributed by atoms with E-state index in [0.29, 0.717) is 16.4 Å². The number of hydrogen-bond donors (Lipinski definition) is 2. The lowest BCUT2D eigenvalue weighted by atomic mass is 10.1. The fourth-order valence-corrected chi connectivity index (χ4v) is 1.81. The summed E-state index contributed by atoms with van der Waals surface area (Å²) in [5.41, 5.74) is 2.30. The summed E-state index contributed by atoms with van der Waals surface area (Å²) in [4.78, 5) is 15.8. The molecule has 2 aromatic rings. The van der Waals surface area contributed by atoms with Gasteiger partial charge in [0.25, 0.3) is 5.91 Å². The third-order valence-corrected chi connectivity index (χ3v) is 2.95. The van der Waals surface area contributed by atoms with E-state index in [0.717, 1.165) is 5.56 Å². The number of aromatic nitrogens is 1. The molecule has 4 nitrogen and oxygen atoms in total. The van der Waals surface area contributed by atoms with Gasteiger partial charge in [-0.15, -0.1) is 0 Å². The van der Waals surface area contributed by atoms with E-state index in [4.69, 9.17) is 23.8 Å². The summed E-state index contributed by atoms with van der Waals surface area (Å²) < 4.78 is 0. The van der Waals surface area contributed by atoms with Gasteiger partial charge in [0.15, 0.2) is 5.11 Å². The van der Waals surface area contributed by atoms with Crippen LogP contribution in [0.5, 0.6) is 0 Å². The molecule has 20 heavy (non-hydrogen) atoms. The van der Waals surface area contributed by atoms with Crippen LogP contribution in [0.2, 0.25) is 5.15 Å². The number of thiocarbonyl (C=S) groups is 1. The van der Waals surface area contributed by atoms with Crippen LogP contribution in [-0.4, -0.2) is 16.0 Å². The molecule has 0 radical (unpaired) electrons. The second-order valence-electron chi connectivity index (χ2n) is 4.14. The molecule has 0 aliphatic carbocycles. The first-order chi connectivity index (χ1) is 9.54. The van der Waals surface area contributed by atoms with Gasteiger partial charge in [-0.05, 0) is 43.4 Å². The third-order valence-electron chi connectivity index (χ3n) is 2.53. The minimum absolute atomic E-state index is 0.208. The molecule has 0 saturated heterocycles. The molecule has 2 rings (SSSR count). The number of rotatable bonds is 2. The number of anilines is 1. The Morgan fingerprint density at radius 2 is 1.90 bits per heavy atom. The summed E-state index contributed by atoms with van der Waals surface area (Å²) in [7, 11) is 0.